The van der Waals surface area contributed by atoms with Crippen LogP contribution in [0.3, 0.4) is 0 Å². The van der Waals surface area contributed by atoms with E-state index in [1.807, 2.05) is 37.3 Å². The van der Waals surface area contributed by atoms with E-state index in [4.69, 9.17) is 11.6 Å². The summed E-state index contributed by atoms with van der Waals surface area (Å²) in [6.07, 6.45) is 0.401. The molecule has 4 aromatic rings. The summed E-state index contributed by atoms with van der Waals surface area (Å²) < 4.78 is 46.1. The molecule has 1 atom stereocenters. The average Bonchev–Trinajstić information content (AvgIpc) is 3.28. The molecule has 0 saturated heterocycles. The van der Waals surface area contributed by atoms with Crippen molar-refractivity contribution < 1.29 is 17.9 Å². The lowest BCUT2D eigenvalue weighted by Crippen LogP contribution is -2.30. The first-order chi connectivity index (χ1) is 17.2. The van der Waals surface area contributed by atoms with Crippen molar-refractivity contribution in [3.8, 4) is 0 Å². The Labute approximate surface area is 219 Å². The summed E-state index contributed by atoms with van der Waals surface area (Å²) in [5, 5.41) is 0.205. The van der Waals surface area contributed by atoms with Crippen LogP contribution in [0.5, 0.6) is 0 Å². The highest BCUT2D eigenvalue weighted by atomic mass is 35.5. The molecule has 0 spiro atoms. The first-order valence-electron chi connectivity index (χ1n) is 10.8. The molecule has 3 aromatic carbocycles. The summed E-state index contributed by atoms with van der Waals surface area (Å²) in [7, 11) is 1.58. The van der Waals surface area contributed by atoms with Gasteiger partial charge in [0.05, 0.1) is 23.0 Å². The fourth-order valence-electron chi connectivity index (χ4n) is 3.70. The SMILES string of the molecule is Cc1ccc(C(=O)N(C)Cc2ccc(F)cc2Cl)c(N(c2nsnc2Cc2ccccc2)S(=O)O)c1. The molecular formula is C25H22ClFN4O3S2. The van der Waals surface area contributed by atoms with Crippen LogP contribution in [0.15, 0.2) is 66.7 Å². The maximum absolute atomic E-state index is 13.5. The topological polar surface area (TPSA) is 86.6 Å². The number of hydrogen-bond acceptors (Lipinski definition) is 5. The van der Waals surface area contributed by atoms with Crippen LogP contribution in [0, 0.1) is 12.7 Å². The number of hydrogen-bond donors (Lipinski definition) is 1. The molecular weight excluding hydrogens is 523 g/mol. The second kappa shape index (κ2) is 11.3. The summed E-state index contributed by atoms with van der Waals surface area (Å²) in [6.45, 7) is 1.94. The summed E-state index contributed by atoms with van der Waals surface area (Å²) in [5.41, 5.74) is 3.25. The largest absolute Gasteiger partial charge is 0.337 e. The molecule has 0 aliphatic carbocycles. The number of halogens is 2. The number of rotatable bonds is 8. The predicted octanol–water partition coefficient (Wildman–Crippen LogP) is 5.78. The average molecular weight is 545 g/mol. The molecule has 1 aromatic heterocycles. The Morgan fingerprint density at radius 1 is 1.11 bits per heavy atom. The number of carbonyl (C=O) groups is 1. The molecule has 0 saturated carbocycles. The van der Waals surface area contributed by atoms with E-state index >= 15 is 0 Å². The summed E-state index contributed by atoms with van der Waals surface area (Å²) in [6, 6.07) is 18.6. The van der Waals surface area contributed by atoms with Gasteiger partial charge >= 0.3 is 0 Å². The smallest absolute Gasteiger partial charge is 0.268 e. The van der Waals surface area contributed by atoms with E-state index in [0.717, 1.165) is 27.2 Å². The van der Waals surface area contributed by atoms with Crippen molar-refractivity contribution >= 4 is 52.0 Å². The molecule has 0 aliphatic rings. The summed E-state index contributed by atoms with van der Waals surface area (Å²) >= 11 is 4.53. The van der Waals surface area contributed by atoms with Gasteiger partial charge in [0.25, 0.3) is 17.2 Å². The van der Waals surface area contributed by atoms with Crippen molar-refractivity contribution in [1.82, 2.24) is 13.6 Å². The zero-order chi connectivity index (χ0) is 25.8. The van der Waals surface area contributed by atoms with Gasteiger partial charge in [0, 0.05) is 25.0 Å². The van der Waals surface area contributed by atoms with Crippen molar-refractivity contribution in [2.75, 3.05) is 11.4 Å². The Kier molecular flexibility index (Phi) is 8.10. The molecule has 11 heteroatoms. The van der Waals surface area contributed by atoms with Crippen molar-refractivity contribution in [1.29, 1.82) is 0 Å². The molecule has 0 fully saturated rings. The summed E-state index contributed by atoms with van der Waals surface area (Å²) in [4.78, 5) is 14.9. The van der Waals surface area contributed by atoms with Gasteiger partial charge in [-0.2, -0.15) is 8.75 Å². The van der Waals surface area contributed by atoms with E-state index in [-0.39, 0.29) is 28.6 Å². The Bertz CT molecular complexity index is 1420. The Morgan fingerprint density at radius 2 is 1.86 bits per heavy atom. The number of benzene rings is 3. The van der Waals surface area contributed by atoms with Gasteiger partial charge in [0.1, 0.15) is 11.5 Å². The van der Waals surface area contributed by atoms with Gasteiger partial charge in [-0.05, 0) is 47.9 Å². The lowest BCUT2D eigenvalue weighted by atomic mass is 10.1. The van der Waals surface area contributed by atoms with Gasteiger partial charge in [0.2, 0.25) is 0 Å². The van der Waals surface area contributed by atoms with Crippen LogP contribution < -0.4 is 4.31 Å². The van der Waals surface area contributed by atoms with E-state index in [1.54, 1.807) is 25.2 Å². The minimum Gasteiger partial charge on any atom is -0.337 e. The number of carbonyl (C=O) groups excluding carboxylic acids is 1. The molecule has 1 amide bonds. The second-order valence-corrected chi connectivity index (χ2v) is 9.90. The molecule has 1 heterocycles. The van der Waals surface area contributed by atoms with Gasteiger partial charge in [0.15, 0.2) is 5.82 Å². The fraction of sp³-hybridized carbons (Fsp3) is 0.160. The third-order valence-corrected chi connectivity index (χ3v) is 7.06. The van der Waals surface area contributed by atoms with E-state index in [9.17, 15) is 17.9 Å². The highest BCUT2D eigenvalue weighted by molar-refractivity contribution is 7.81. The number of nitrogens with zero attached hydrogens (tertiary/aromatic N) is 4. The molecule has 1 N–H and O–H groups in total. The second-order valence-electron chi connectivity index (χ2n) is 8.14. The maximum atomic E-state index is 13.5. The monoisotopic (exact) mass is 544 g/mol. The summed E-state index contributed by atoms with van der Waals surface area (Å²) in [5.74, 6) is -0.676. The van der Waals surface area contributed by atoms with E-state index < -0.39 is 23.0 Å². The van der Waals surface area contributed by atoms with Crippen LogP contribution in [0.1, 0.15) is 32.7 Å². The van der Waals surface area contributed by atoms with Gasteiger partial charge < -0.3 is 4.90 Å². The molecule has 7 nitrogen and oxygen atoms in total. The zero-order valence-electron chi connectivity index (χ0n) is 19.4. The first-order valence-corrected chi connectivity index (χ1v) is 13.0. The van der Waals surface area contributed by atoms with Crippen LogP contribution in [0.4, 0.5) is 15.9 Å². The Balaban J connectivity index is 1.71. The molecule has 1 unspecified atom stereocenters. The third-order valence-electron chi connectivity index (χ3n) is 5.47. The van der Waals surface area contributed by atoms with Crippen LogP contribution >= 0.6 is 23.3 Å². The highest BCUT2D eigenvalue weighted by Gasteiger charge is 2.28. The zero-order valence-corrected chi connectivity index (χ0v) is 21.8. The molecule has 186 valence electrons. The van der Waals surface area contributed by atoms with Crippen molar-refractivity contribution in [2.45, 2.75) is 19.9 Å². The van der Waals surface area contributed by atoms with Crippen molar-refractivity contribution in [3.63, 3.8) is 0 Å². The fourth-order valence-corrected chi connectivity index (χ4v) is 5.14. The molecule has 0 bridgehead atoms. The van der Waals surface area contributed by atoms with Crippen LogP contribution in [-0.2, 0) is 24.2 Å². The number of aromatic nitrogens is 2. The number of amides is 1. The standard InChI is InChI=1S/C25H22ClFN4O3S2/c1-16-8-11-20(25(32)30(2)15-18-9-10-19(27)14-21(18)26)23(12-16)31(36(33)34)24-22(28-35-29-24)13-17-6-4-3-5-7-17/h3-12,14H,13,15H2,1-2H3,(H,33,34). The predicted molar refractivity (Wildman–Crippen MR) is 140 cm³/mol. The van der Waals surface area contributed by atoms with Crippen molar-refractivity contribution in [3.05, 3.63) is 106 Å². The van der Waals surface area contributed by atoms with Crippen LogP contribution in [-0.4, -0.2) is 35.4 Å². The van der Waals surface area contributed by atoms with Crippen molar-refractivity contribution in [2.24, 2.45) is 0 Å². The minimum atomic E-state index is -2.54. The maximum Gasteiger partial charge on any atom is 0.268 e. The van der Waals surface area contributed by atoms with Gasteiger partial charge in [-0.3, -0.25) is 9.35 Å². The minimum absolute atomic E-state index is 0.116. The Hall–Kier alpha value is -3.18. The normalized spacial score (nSPS) is 11.8. The molecule has 0 aliphatic heterocycles. The van der Waals surface area contributed by atoms with E-state index in [1.165, 1.54) is 23.1 Å². The Morgan fingerprint density at radius 3 is 2.56 bits per heavy atom. The van der Waals surface area contributed by atoms with E-state index in [2.05, 4.69) is 8.75 Å². The first kappa shape index (κ1) is 25.9. The molecule has 36 heavy (non-hydrogen) atoms. The van der Waals surface area contributed by atoms with Gasteiger partial charge in [-0.25, -0.2) is 12.9 Å². The van der Waals surface area contributed by atoms with E-state index in [0.29, 0.717) is 17.7 Å². The third kappa shape index (κ3) is 5.79. The van der Waals surface area contributed by atoms with Gasteiger partial charge in [-0.15, -0.1) is 0 Å². The number of aryl methyl sites for hydroxylation is 1. The quantitative estimate of drug-likeness (QED) is 0.284. The van der Waals surface area contributed by atoms with Crippen LogP contribution in [0.25, 0.3) is 0 Å². The lowest BCUT2D eigenvalue weighted by Gasteiger charge is -2.24. The van der Waals surface area contributed by atoms with Gasteiger partial charge in [-0.1, -0.05) is 54.1 Å². The van der Waals surface area contributed by atoms with Crippen LogP contribution in [0.2, 0.25) is 5.02 Å². The highest BCUT2D eigenvalue weighted by Crippen LogP contribution is 2.34. The number of anilines is 2. The lowest BCUT2D eigenvalue weighted by molar-refractivity contribution is 0.0786. The molecule has 0 radical (unpaired) electrons. The molecule has 4 rings (SSSR count).